The van der Waals surface area contributed by atoms with Gasteiger partial charge < -0.3 is 10.2 Å². The van der Waals surface area contributed by atoms with Gasteiger partial charge in [0.15, 0.2) is 5.11 Å². The summed E-state index contributed by atoms with van der Waals surface area (Å²) < 4.78 is 13.4. The Morgan fingerprint density at radius 2 is 1.96 bits per heavy atom. The summed E-state index contributed by atoms with van der Waals surface area (Å²) in [7, 11) is 0. The first kappa shape index (κ1) is 16.2. The number of anilines is 1. The molecule has 0 saturated carbocycles. The minimum Gasteiger partial charge on any atom is -0.351 e. The molecule has 1 aromatic carbocycles. The fourth-order valence-electron chi connectivity index (χ4n) is 3.19. The molecule has 2 aromatic heterocycles. The van der Waals surface area contributed by atoms with Gasteiger partial charge in [-0.2, -0.15) is 0 Å². The molecule has 1 N–H and O–H groups in total. The predicted octanol–water partition coefficient (Wildman–Crippen LogP) is 4.77. The maximum Gasteiger partial charge on any atom is 0.174 e. The van der Waals surface area contributed by atoms with Crippen molar-refractivity contribution in [3.8, 4) is 0 Å². The fourth-order valence-corrected chi connectivity index (χ4v) is 4.59. The highest BCUT2D eigenvalue weighted by atomic mass is 32.1. The van der Waals surface area contributed by atoms with Crippen LogP contribution in [0, 0.1) is 12.7 Å². The summed E-state index contributed by atoms with van der Waals surface area (Å²) in [4.78, 5) is 7.81. The van der Waals surface area contributed by atoms with Crippen molar-refractivity contribution in [2.75, 3.05) is 4.90 Å². The van der Waals surface area contributed by atoms with Gasteiger partial charge in [-0.1, -0.05) is 6.07 Å². The van der Waals surface area contributed by atoms with E-state index in [2.05, 4.69) is 33.6 Å². The average molecular weight is 369 g/mol. The highest BCUT2D eigenvalue weighted by Crippen LogP contribution is 2.44. The van der Waals surface area contributed by atoms with E-state index in [-0.39, 0.29) is 17.9 Å². The van der Waals surface area contributed by atoms with Crippen LogP contribution >= 0.6 is 23.6 Å². The summed E-state index contributed by atoms with van der Waals surface area (Å²) in [5.41, 5.74) is 3.02. The van der Waals surface area contributed by atoms with Crippen molar-refractivity contribution in [1.82, 2.24) is 10.3 Å². The van der Waals surface area contributed by atoms with Gasteiger partial charge in [-0.05, 0) is 72.5 Å². The molecule has 126 valence electrons. The predicted molar refractivity (Wildman–Crippen MR) is 103 cm³/mol. The van der Waals surface area contributed by atoms with E-state index in [0.29, 0.717) is 5.11 Å². The molecule has 3 nitrogen and oxygen atoms in total. The van der Waals surface area contributed by atoms with Gasteiger partial charge in [0, 0.05) is 16.8 Å². The molecule has 0 bridgehead atoms. The molecule has 25 heavy (non-hydrogen) atoms. The summed E-state index contributed by atoms with van der Waals surface area (Å²) in [6, 6.07) is 14.4. The van der Waals surface area contributed by atoms with Crippen LogP contribution in [0.4, 0.5) is 10.1 Å². The van der Waals surface area contributed by atoms with Crippen LogP contribution in [0.1, 0.15) is 28.2 Å². The fraction of sp³-hybridized carbons (Fsp3) is 0.158. The van der Waals surface area contributed by atoms with Gasteiger partial charge in [0.1, 0.15) is 5.82 Å². The van der Waals surface area contributed by atoms with Gasteiger partial charge in [0.25, 0.3) is 0 Å². The first-order chi connectivity index (χ1) is 12.1. The van der Waals surface area contributed by atoms with Gasteiger partial charge in [-0.15, -0.1) is 11.3 Å². The lowest BCUT2D eigenvalue weighted by molar-refractivity contribution is 0.573. The summed E-state index contributed by atoms with van der Waals surface area (Å²) >= 11 is 7.33. The molecule has 1 saturated heterocycles. The monoisotopic (exact) mass is 369 g/mol. The minimum absolute atomic E-state index is 0.0205. The second kappa shape index (κ2) is 6.54. The molecular formula is C19H16FN3S2. The Hall–Kier alpha value is -2.31. The Morgan fingerprint density at radius 1 is 1.16 bits per heavy atom. The molecule has 4 rings (SSSR count). The highest BCUT2D eigenvalue weighted by Gasteiger charge is 2.41. The van der Waals surface area contributed by atoms with E-state index < -0.39 is 0 Å². The van der Waals surface area contributed by atoms with Crippen molar-refractivity contribution in [2.24, 2.45) is 0 Å². The summed E-state index contributed by atoms with van der Waals surface area (Å²) in [5, 5.41) is 6.12. The van der Waals surface area contributed by atoms with Crippen LogP contribution in [-0.4, -0.2) is 10.1 Å². The van der Waals surface area contributed by atoms with Crippen LogP contribution in [0.25, 0.3) is 0 Å². The number of rotatable bonds is 3. The second-order valence-corrected chi connectivity index (χ2v) is 7.28. The SMILES string of the molecule is Cc1ccsc1[C@@H]1[C@@H](c2ccccn2)NC(=S)N1c1ccc(F)cc1. The van der Waals surface area contributed by atoms with Crippen molar-refractivity contribution in [1.29, 1.82) is 0 Å². The van der Waals surface area contributed by atoms with E-state index in [4.69, 9.17) is 12.2 Å². The van der Waals surface area contributed by atoms with Crippen molar-refractivity contribution in [3.63, 3.8) is 0 Å². The molecule has 3 aromatic rings. The third-order valence-electron chi connectivity index (χ3n) is 4.37. The number of benzene rings is 1. The van der Waals surface area contributed by atoms with Crippen LogP contribution in [0.5, 0.6) is 0 Å². The number of nitrogens with zero attached hydrogens (tertiary/aromatic N) is 2. The Morgan fingerprint density at radius 3 is 2.60 bits per heavy atom. The first-order valence-electron chi connectivity index (χ1n) is 7.95. The molecule has 6 heteroatoms. The number of thiocarbonyl (C=S) groups is 1. The molecule has 0 aliphatic carbocycles. The highest BCUT2D eigenvalue weighted by molar-refractivity contribution is 7.80. The number of halogens is 1. The van der Waals surface area contributed by atoms with Crippen molar-refractivity contribution >= 4 is 34.4 Å². The van der Waals surface area contributed by atoms with Gasteiger partial charge in [-0.3, -0.25) is 4.98 Å². The van der Waals surface area contributed by atoms with Crippen molar-refractivity contribution in [3.05, 3.63) is 82.1 Å². The molecule has 0 unspecified atom stereocenters. The number of hydrogen-bond acceptors (Lipinski definition) is 3. The number of aryl methyl sites for hydroxylation is 1. The zero-order valence-corrected chi connectivity index (χ0v) is 15.2. The normalized spacial score (nSPS) is 19.9. The molecule has 1 aliphatic heterocycles. The number of pyridine rings is 1. The van der Waals surface area contributed by atoms with Crippen LogP contribution in [-0.2, 0) is 0 Å². The molecule has 0 amide bonds. The number of hydrogen-bond donors (Lipinski definition) is 1. The Bertz CT molecular complexity index is 893. The quantitative estimate of drug-likeness (QED) is 0.673. The van der Waals surface area contributed by atoms with E-state index in [1.54, 1.807) is 29.7 Å². The Balaban J connectivity index is 1.83. The second-order valence-electron chi connectivity index (χ2n) is 5.94. The summed E-state index contributed by atoms with van der Waals surface area (Å²) in [5.74, 6) is -0.257. The summed E-state index contributed by atoms with van der Waals surface area (Å²) in [6.45, 7) is 2.10. The van der Waals surface area contributed by atoms with Gasteiger partial charge in [0.05, 0.1) is 17.8 Å². The molecule has 2 atom stereocenters. The van der Waals surface area contributed by atoms with E-state index in [1.165, 1.54) is 22.6 Å². The van der Waals surface area contributed by atoms with Crippen molar-refractivity contribution < 1.29 is 4.39 Å². The van der Waals surface area contributed by atoms with Crippen LogP contribution in [0.15, 0.2) is 60.1 Å². The lowest BCUT2D eigenvalue weighted by Crippen LogP contribution is -2.29. The zero-order valence-electron chi connectivity index (χ0n) is 13.5. The zero-order chi connectivity index (χ0) is 17.4. The van der Waals surface area contributed by atoms with Crippen molar-refractivity contribution in [2.45, 2.75) is 19.0 Å². The smallest absolute Gasteiger partial charge is 0.174 e. The number of nitrogens with one attached hydrogen (secondary N) is 1. The van der Waals surface area contributed by atoms with Crippen LogP contribution in [0.2, 0.25) is 0 Å². The minimum atomic E-state index is -0.257. The first-order valence-corrected chi connectivity index (χ1v) is 9.24. The third-order valence-corrected chi connectivity index (χ3v) is 5.78. The van der Waals surface area contributed by atoms with Crippen LogP contribution in [0.3, 0.4) is 0 Å². The molecule has 1 fully saturated rings. The topological polar surface area (TPSA) is 28.2 Å². The molecule has 0 spiro atoms. The lowest BCUT2D eigenvalue weighted by atomic mass is 10.0. The number of aromatic nitrogens is 1. The maximum absolute atomic E-state index is 13.4. The summed E-state index contributed by atoms with van der Waals surface area (Å²) in [6.07, 6.45) is 1.79. The largest absolute Gasteiger partial charge is 0.351 e. The molecular weight excluding hydrogens is 353 g/mol. The van der Waals surface area contributed by atoms with Gasteiger partial charge in [0.2, 0.25) is 0 Å². The molecule has 1 aliphatic rings. The van der Waals surface area contributed by atoms with Crippen LogP contribution < -0.4 is 10.2 Å². The maximum atomic E-state index is 13.4. The number of thiophene rings is 1. The van der Waals surface area contributed by atoms with E-state index in [1.807, 2.05) is 18.2 Å². The van der Waals surface area contributed by atoms with Gasteiger partial charge >= 0.3 is 0 Å². The lowest BCUT2D eigenvalue weighted by Gasteiger charge is -2.27. The van der Waals surface area contributed by atoms with Gasteiger partial charge in [-0.25, -0.2) is 4.39 Å². The third kappa shape index (κ3) is 2.92. The van der Waals surface area contributed by atoms with E-state index in [0.717, 1.165) is 11.4 Å². The van der Waals surface area contributed by atoms with E-state index >= 15 is 0 Å². The standard InChI is InChI=1S/C19H16FN3S2/c1-12-9-11-25-18(12)17-16(15-4-2-3-10-21-15)22-19(24)23(17)14-7-5-13(20)6-8-14/h2-11,16-17H,1H3,(H,22,24)/t16-,17+/m1/s1. The Labute approximate surface area is 155 Å². The average Bonchev–Trinajstić information content (AvgIpc) is 3.19. The molecule has 0 radical (unpaired) electrons. The Kier molecular flexibility index (Phi) is 4.23. The van der Waals surface area contributed by atoms with E-state index in [9.17, 15) is 4.39 Å². The molecule has 3 heterocycles.